The number of carbonyl (C=O) groups excluding carboxylic acids is 1. The lowest BCUT2D eigenvalue weighted by molar-refractivity contribution is -0.126. The Labute approximate surface area is 149 Å². The van der Waals surface area contributed by atoms with Crippen molar-refractivity contribution in [3.63, 3.8) is 0 Å². The van der Waals surface area contributed by atoms with Gasteiger partial charge < -0.3 is 14.8 Å². The van der Waals surface area contributed by atoms with Crippen LogP contribution in [0.1, 0.15) is 18.4 Å². The zero-order valence-electron chi connectivity index (χ0n) is 14.7. The molecule has 1 aromatic carbocycles. The van der Waals surface area contributed by atoms with Crippen molar-refractivity contribution in [2.45, 2.75) is 19.4 Å². The van der Waals surface area contributed by atoms with Crippen LogP contribution in [0.5, 0.6) is 5.75 Å². The van der Waals surface area contributed by atoms with E-state index in [-0.39, 0.29) is 18.4 Å². The minimum Gasteiger partial charge on any atom is -0.491 e. The SMILES string of the molecule is COCCOc1ccc(CNC(=O)[C@H]2CCCN(S(C)(=O)=O)C2)cc1. The molecule has 1 N–H and O–H groups in total. The lowest BCUT2D eigenvalue weighted by Crippen LogP contribution is -2.44. The fourth-order valence-corrected chi connectivity index (χ4v) is 3.65. The van der Waals surface area contributed by atoms with Crippen molar-refractivity contribution in [3.05, 3.63) is 29.8 Å². The lowest BCUT2D eigenvalue weighted by atomic mass is 9.99. The van der Waals surface area contributed by atoms with Crippen molar-refractivity contribution in [2.24, 2.45) is 5.92 Å². The molecule has 1 aliphatic rings. The van der Waals surface area contributed by atoms with Gasteiger partial charge in [-0.3, -0.25) is 4.79 Å². The van der Waals surface area contributed by atoms with E-state index in [2.05, 4.69) is 5.32 Å². The third-order valence-electron chi connectivity index (χ3n) is 4.17. The van der Waals surface area contributed by atoms with Crippen LogP contribution in [0, 0.1) is 5.92 Å². The summed E-state index contributed by atoms with van der Waals surface area (Å²) in [6, 6.07) is 7.49. The van der Waals surface area contributed by atoms with E-state index < -0.39 is 10.0 Å². The first-order valence-electron chi connectivity index (χ1n) is 8.33. The fraction of sp³-hybridized carbons (Fsp3) is 0.588. The molecule has 1 saturated heterocycles. The van der Waals surface area contributed by atoms with Gasteiger partial charge in [0.1, 0.15) is 12.4 Å². The molecule has 0 unspecified atom stereocenters. The third kappa shape index (κ3) is 6.30. The van der Waals surface area contributed by atoms with Gasteiger partial charge in [-0.15, -0.1) is 0 Å². The minimum atomic E-state index is -3.24. The highest BCUT2D eigenvalue weighted by Crippen LogP contribution is 2.19. The normalized spacial score (nSPS) is 18.7. The van der Waals surface area contributed by atoms with Crippen LogP contribution in [-0.4, -0.2) is 58.3 Å². The topological polar surface area (TPSA) is 84.9 Å². The van der Waals surface area contributed by atoms with E-state index in [0.29, 0.717) is 39.1 Å². The predicted octanol–water partition coefficient (Wildman–Crippen LogP) is 1.000. The van der Waals surface area contributed by atoms with E-state index >= 15 is 0 Å². The number of sulfonamides is 1. The molecule has 0 spiro atoms. The molecule has 1 atom stereocenters. The Morgan fingerprint density at radius 2 is 2.00 bits per heavy atom. The van der Waals surface area contributed by atoms with Gasteiger partial charge in [0.2, 0.25) is 15.9 Å². The van der Waals surface area contributed by atoms with Gasteiger partial charge in [0.15, 0.2) is 0 Å². The van der Waals surface area contributed by atoms with Gasteiger partial charge in [-0.1, -0.05) is 12.1 Å². The first-order valence-corrected chi connectivity index (χ1v) is 10.2. The average Bonchev–Trinajstić information content (AvgIpc) is 2.60. The summed E-state index contributed by atoms with van der Waals surface area (Å²) in [6.45, 7) is 2.19. The minimum absolute atomic E-state index is 0.103. The monoisotopic (exact) mass is 370 g/mol. The molecule has 0 aliphatic carbocycles. The molecule has 1 heterocycles. The van der Waals surface area contributed by atoms with E-state index in [0.717, 1.165) is 11.3 Å². The van der Waals surface area contributed by atoms with E-state index in [1.807, 2.05) is 24.3 Å². The van der Waals surface area contributed by atoms with Crippen LogP contribution in [0.3, 0.4) is 0 Å². The average molecular weight is 370 g/mol. The Balaban J connectivity index is 1.81. The number of nitrogens with zero attached hydrogens (tertiary/aromatic N) is 1. The summed E-state index contributed by atoms with van der Waals surface area (Å²) in [5.74, 6) is 0.358. The first kappa shape index (κ1) is 19.7. The van der Waals surface area contributed by atoms with Crippen molar-refractivity contribution >= 4 is 15.9 Å². The van der Waals surface area contributed by atoms with Crippen molar-refractivity contribution in [1.82, 2.24) is 9.62 Å². The van der Waals surface area contributed by atoms with Crippen LogP contribution in [0.15, 0.2) is 24.3 Å². The number of amides is 1. The molecule has 2 rings (SSSR count). The highest BCUT2D eigenvalue weighted by molar-refractivity contribution is 7.88. The third-order valence-corrected chi connectivity index (χ3v) is 5.44. The molecule has 140 valence electrons. The van der Waals surface area contributed by atoms with Gasteiger partial charge in [-0.05, 0) is 30.5 Å². The standard InChI is InChI=1S/C17H26N2O5S/c1-23-10-11-24-16-7-5-14(6-8-16)12-18-17(20)15-4-3-9-19(13-15)25(2,21)22/h5-8,15H,3-4,9-13H2,1-2H3,(H,18,20)/t15-/m0/s1. The number of nitrogens with one attached hydrogen (secondary N) is 1. The zero-order valence-corrected chi connectivity index (χ0v) is 15.5. The zero-order chi connectivity index (χ0) is 18.3. The van der Waals surface area contributed by atoms with Gasteiger partial charge in [0.05, 0.1) is 18.8 Å². The van der Waals surface area contributed by atoms with Gasteiger partial charge in [-0.2, -0.15) is 0 Å². The molecule has 0 bridgehead atoms. The molecule has 1 aromatic rings. The van der Waals surface area contributed by atoms with Crippen molar-refractivity contribution in [3.8, 4) is 5.75 Å². The quantitative estimate of drug-likeness (QED) is 0.690. The Bertz CT molecular complexity index is 660. The maximum absolute atomic E-state index is 12.3. The van der Waals surface area contributed by atoms with Crippen LogP contribution < -0.4 is 10.1 Å². The smallest absolute Gasteiger partial charge is 0.224 e. The summed E-state index contributed by atoms with van der Waals surface area (Å²) in [5, 5.41) is 2.89. The summed E-state index contributed by atoms with van der Waals surface area (Å²) < 4.78 is 35.1. The number of hydrogen-bond donors (Lipinski definition) is 1. The molecule has 0 aromatic heterocycles. The Hall–Kier alpha value is -1.64. The lowest BCUT2D eigenvalue weighted by Gasteiger charge is -2.30. The maximum atomic E-state index is 12.3. The second kappa shape index (κ2) is 9.17. The van der Waals surface area contributed by atoms with Gasteiger partial charge in [0.25, 0.3) is 0 Å². The van der Waals surface area contributed by atoms with Crippen molar-refractivity contribution in [2.75, 3.05) is 39.7 Å². The van der Waals surface area contributed by atoms with Gasteiger partial charge >= 0.3 is 0 Å². The molecule has 0 saturated carbocycles. The Morgan fingerprint density at radius 1 is 1.28 bits per heavy atom. The molecular formula is C17H26N2O5S. The Kier molecular flexibility index (Phi) is 7.22. The molecular weight excluding hydrogens is 344 g/mol. The number of hydrogen-bond acceptors (Lipinski definition) is 5. The largest absolute Gasteiger partial charge is 0.491 e. The molecule has 1 aliphatic heterocycles. The number of ether oxygens (including phenoxy) is 2. The molecule has 1 amide bonds. The number of piperidine rings is 1. The second-order valence-corrected chi connectivity index (χ2v) is 8.15. The number of carbonyl (C=O) groups is 1. The summed E-state index contributed by atoms with van der Waals surface area (Å²) >= 11 is 0. The van der Waals surface area contributed by atoms with Gasteiger partial charge in [0, 0.05) is 26.7 Å². The van der Waals surface area contributed by atoms with Crippen molar-refractivity contribution < 1.29 is 22.7 Å². The summed E-state index contributed by atoms with van der Waals surface area (Å²) in [6.07, 6.45) is 2.60. The number of methoxy groups -OCH3 is 1. The van der Waals surface area contributed by atoms with Crippen LogP contribution >= 0.6 is 0 Å². The van der Waals surface area contributed by atoms with Crippen LogP contribution in [0.4, 0.5) is 0 Å². The first-order chi connectivity index (χ1) is 11.9. The molecule has 8 heteroatoms. The highest BCUT2D eigenvalue weighted by atomic mass is 32.2. The Morgan fingerprint density at radius 3 is 2.64 bits per heavy atom. The summed E-state index contributed by atoms with van der Waals surface area (Å²) in [5.41, 5.74) is 0.961. The summed E-state index contributed by atoms with van der Waals surface area (Å²) in [4.78, 5) is 12.3. The maximum Gasteiger partial charge on any atom is 0.224 e. The van der Waals surface area contributed by atoms with Crippen molar-refractivity contribution in [1.29, 1.82) is 0 Å². The number of rotatable bonds is 8. The molecule has 1 fully saturated rings. The second-order valence-electron chi connectivity index (χ2n) is 6.16. The predicted molar refractivity (Wildman–Crippen MR) is 94.8 cm³/mol. The van der Waals surface area contributed by atoms with Crippen LogP contribution in [-0.2, 0) is 26.1 Å². The summed E-state index contributed by atoms with van der Waals surface area (Å²) in [7, 11) is -1.62. The van der Waals surface area contributed by atoms with E-state index in [1.54, 1.807) is 7.11 Å². The van der Waals surface area contributed by atoms with Crippen LogP contribution in [0.25, 0.3) is 0 Å². The molecule has 7 nitrogen and oxygen atoms in total. The van der Waals surface area contributed by atoms with Crippen LogP contribution in [0.2, 0.25) is 0 Å². The number of benzene rings is 1. The fourth-order valence-electron chi connectivity index (χ4n) is 2.74. The van der Waals surface area contributed by atoms with E-state index in [4.69, 9.17) is 9.47 Å². The molecule has 0 radical (unpaired) electrons. The van der Waals surface area contributed by atoms with Gasteiger partial charge in [-0.25, -0.2) is 12.7 Å². The van der Waals surface area contributed by atoms with E-state index in [1.165, 1.54) is 10.6 Å². The van der Waals surface area contributed by atoms with E-state index in [9.17, 15) is 13.2 Å². The molecule has 25 heavy (non-hydrogen) atoms. The highest BCUT2D eigenvalue weighted by Gasteiger charge is 2.29.